The van der Waals surface area contributed by atoms with Gasteiger partial charge in [0.25, 0.3) is 0 Å². The predicted molar refractivity (Wildman–Crippen MR) is 69.5 cm³/mol. The lowest BCUT2D eigenvalue weighted by Gasteiger charge is -2.18. The van der Waals surface area contributed by atoms with E-state index in [0.717, 1.165) is 11.6 Å². The first-order valence-electron chi connectivity index (χ1n) is 5.71. The molecule has 0 aliphatic heterocycles. The van der Waals surface area contributed by atoms with Gasteiger partial charge in [0.15, 0.2) is 0 Å². The minimum atomic E-state index is 0.113. The number of carbonyl (C=O) groups excluding carboxylic acids is 1. The zero-order valence-electron chi connectivity index (χ0n) is 11.1. The molecule has 0 unspecified atom stereocenters. The summed E-state index contributed by atoms with van der Waals surface area (Å²) in [5, 5.41) is 3.23. The first-order chi connectivity index (χ1) is 7.88. The van der Waals surface area contributed by atoms with Crippen LogP contribution in [0.4, 0.5) is 11.6 Å². The number of carbonyl (C=O) groups is 1. The third-order valence-electron chi connectivity index (χ3n) is 2.11. The van der Waals surface area contributed by atoms with E-state index in [1.54, 1.807) is 6.92 Å². The number of nitrogens with zero attached hydrogens (tertiary/aromatic N) is 3. The van der Waals surface area contributed by atoms with Crippen molar-refractivity contribution < 1.29 is 4.79 Å². The monoisotopic (exact) mass is 236 g/mol. The molecule has 1 heterocycles. The second-order valence-electron chi connectivity index (χ2n) is 4.52. The van der Waals surface area contributed by atoms with Crippen molar-refractivity contribution in [1.82, 2.24) is 9.97 Å². The van der Waals surface area contributed by atoms with Gasteiger partial charge < -0.3 is 10.2 Å². The Kier molecular flexibility index (Phi) is 4.43. The highest BCUT2D eigenvalue weighted by atomic mass is 16.1. The predicted octanol–water partition coefficient (Wildman–Crippen LogP) is 1.63. The number of ketones is 1. The van der Waals surface area contributed by atoms with Crippen molar-refractivity contribution in [2.24, 2.45) is 0 Å². The van der Waals surface area contributed by atoms with Crippen LogP contribution in [0.1, 0.15) is 26.6 Å². The van der Waals surface area contributed by atoms with Gasteiger partial charge in [0.1, 0.15) is 23.2 Å². The second kappa shape index (κ2) is 5.61. The van der Waals surface area contributed by atoms with Gasteiger partial charge in [0.2, 0.25) is 0 Å². The quantitative estimate of drug-likeness (QED) is 0.842. The molecule has 5 nitrogen and oxygen atoms in total. The second-order valence-corrected chi connectivity index (χ2v) is 4.52. The van der Waals surface area contributed by atoms with Crippen LogP contribution in [-0.4, -0.2) is 35.4 Å². The van der Waals surface area contributed by atoms with Gasteiger partial charge in [-0.05, 0) is 27.7 Å². The lowest BCUT2D eigenvalue weighted by molar-refractivity contribution is -0.115. The smallest absolute Gasteiger partial charge is 0.149 e. The van der Waals surface area contributed by atoms with Gasteiger partial charge in [-0.1, -0.05) is 0 Å². The zero-order valence-corrected chi connectivity index (χ0v) is 11.1. The Labute approximate surface area is 102 Å². The van der Waals surface area contributed by atoms with Crippen LogP contribution < -0.4 is 10.2 Å². The van der Waals surface area contributed by atoms with Gasteiger partial charge in [-0.3, -0.25) is 4.79 Å². The van der Waals surface area contributed by atoms with E-state index in [9.17, 15) is 4.79 Å². The molecule has 94 valence electrons. The van der Waals surface area contributed by atoms with E-state index < -0.39 is 0 Å². The van der Waals surface area contributed by atoms with Gasteiger partial charge in [0.05, 0.1) is 6.54 Å². The van der Waals surface area contributed by atoms with Crippen LogP contribution in [0, 0.1) is 6.92 Å². The maximum atomic E-state index is 11.1. The van der Waals surface area contributed by atoms with Crippen molar-refractivity contribution in [1.29, 1.82) is 0 Å². The summed E-state index contributed by atoms with van der Waals surface area (Å²) in [7, 11) is 1.85. The average molecular weight is 236 g/mol. The van der Waals surface area contributed by atoms with Crippen molar-refractivity contribution in [2.75, 3.05) is 23.8 Å². The Hall–Kier alpha value is -1.65. The van der Waals surface area contributed by atoms with E-state index in [4.69, 9.17) is 0 Å². The van der Waals surface area contributed by atoms with Crippen LogP contribution in [-0.2, 0) is 4.79 Å². The summed E-state index contributed by atoms with van der Waals surface area (Å²) in [5.41, 5.74) is 0. The number of aromatic nitrogens is 2. The SMILES string of the molecule is CC(=O)CN(C)c1cc(NC(C)C)nc(C)n1. The van der Waals surface area contributed by atoms with Crippen molar-refractivity contribution in [3.8, 4) is 0 Å². The molecular formula is C12H20N4O. The molecule has 0 fully saturated rings. The zero-order chi connectivity index (χ0) is 13.0. The summed E-state index contributed by atoms with van der Waals surface area (Å²) in [5.74, 6) is 2.36. The fraction of sp³-hybridized carbons (Fsp3) is 0.583. The van der Waals surface area contributed by atoms with Gasteiger partial charge in [0, 0.05) is 19.2 Å². The van der Waals surface area contributed by atoms with E-state index in [1.807, 2.05) is 24.9 Å². The highest BCUT2D eigenvalue weighted by Gasteiger charge is 2.08. The Balaban J connectivity index is 2.92. The summed E-state index contributed by atoms with van der Waals surface area (Å²) in [6.07, 6.45) is 0. The number of aryl methyl sites for hydroxylation is 1. The molecule has 0 aliphatic carbocycles. The fourth-order valence-electron chi connectivity index (χ4n) is 1.53. The van der Waals surface area contributed by atoms with Crippen LogP contribution in [0.3, 0.4) is 0 Å². The Morgan fingerprint density at radius 2 is 2.12 bits per heavy atom. The molecule has 0 aliphatic rings. The van der Waals surface area contributed by atoms with Crippen LogP contribution in [0.5, 0.6) is 0 Å². The number of likely N-dealkylation sites (N-methyl/N-ethyl adjacent to an activating group) is 1. The van der Waals surface area contributed by atoms with Crippen LogP contribution in [0.2, 0.25) is 0 Å². The molecule has 17 heavy (non-hydrogen) atoms. The Morgan fingerprint density at radius 1 is 1.47 bits per heavy atom. The Morgan fingerprint density at radius 3 is 2.65 bits per heavy atom. The maximum absolute atomic E-state index is 11.1. The van der Waals surface area contributed by atoms with Crippen molar-refractivity contribution in [3.05, 3.63) is 11.9 Å². The molecular weight excluding hydrogens is 216 g/mol. The minimum Gasteiger partial charge on any atom is -0.368 e. The molecule has 1 rings (SSSR count). The number of Topliss-reactive ketones (excluding diaryl/α,β-unsaturated/α-hetero) is 1. The van der Waals surface area contributed by atoms with Gasteiger partial charge >= 0.3 is 0 Å². The average Bonchev–Trinajstić information content (AvgIpc) is 2.14. The molecule has 1 aromatic rings. The molecule has 0 radical (unpaired) electrons. The topological polar surface area (TPSA) is 58.1 Å². The van der Waals surface area contributed by atoms with Crippen LogP contribution in [0.15, 0.2) is 6.07 Å². The molecule has 0 saturated carbocycles. The first kappa shape index (κ1) is 13.4. The molecule has 0 atom stereocenters. The van der Waals surface area contributed by atoms with E-state index in [0.29, 0.717) is 18.4 Å². The van der Waals surface area contributed by atoms with Gasteiger partial charge in [-0.2, -0.15) is 0 Å². The van der Waals surface area contributed by atoms with E-state index >= 15 is 0 Å². The van der Waals surface area contributed by atoms with Crippen LogP contribution >= 0.6 is 0 Å². The van der Waals surface area contributed by atoms with Gasteiger partial charge in [-0.15, -0.1) is 0 Å². The maximum Gasteiger partial charge on any atom is 0.149 e. The lowest BCUT2D eigenvalue weighted by atomic mass is 10.3. The summed E-state index contributed by atoms with van der Waals surface area (Å²) in [6, 6.07) is 2.17. The number of anilines is 2. The number of nitrogens with one attached hydrogen (secondary N) is 1. The van der Waals surface area contributed by atoms with E-state index in [-0.39, 0.29) is 5.78 Å². The third-order valence-corrected chi connectivity index (χ3v) is 2.11. The molecule has 1 aromatic heterocycles. The lowest BCUT2D eigenvalue weighted by Crippen LogP contribution is -2.25. The van der Waals surface area contributed by atoms with Crippen molar-refractivity contribution >= 4 is 17.4 Å². The molecule has 0 spiro atoms. The Bertz CT molecular complexity index is 403. The highest BCUT2D eigenvalue weighted by Crippen LogP contribution is 2.15. The minimum absolute atomic E-state index is 0.113. The number of hydrogen-bond donors (Lipinski definition) is 1. The standard InChI is InChI=1S/C12H20N4O/c1-8(2)13-11-6-12(15-10(4)14-11)16(5)7-9(3)17/h6,8H,7H2,1-5H3,(H,13,14,15). The summed E-state index contributed by atoms with van der Waals surface area (Å²) in [4.78, 5) is 21.5. The number of rotatable bonds is 5. The molecule has 0 amide bonds. The molecule has 0 aromatic carbocycles. The normalized spacial score (nSPS) is 10.5. The van der Waals surface area contributed by atoms with Crippen molar-refractivity contribution in [2.45, 2.75) is 33.7 Å². The van der Waals surface area contributed by atoms with Crippen LogP contribution in [0.25, 0.3) is 0 Å². The third kappa shape index (κ3) is 4.38. The summed E-state index contributed by atoms with van der Waals surface area (Å²) >= 11 is 0. The first-order valence-corrected chi connectivity index (χ1v) is 5.71. The molecule has 1 N–H and O–H groups in total. The van der Waals surface area contributed by atoms with Gasteiger partial charge in [-0.25, -0.2) is 9.97 Å². The fourth-order valence-corrected chi connectivity index (χ4v) is 1.53. The molecule has 0 bridgehead atoms. The van der Waals surface area contributed by atoms with E-state index in [1.165, 1.54) is 0 Å². The molecule has 5 heteroatoms. The highest BCUT2D eigenvalue weighted by molar-refractivity contribution is 5.80. The summed E-state index contributed by atoms with van der Waals surface area (Å²) < 4.78 is 0. The van der Waals surface area contributed by atoms with Crippen molar-refractivity contribution in [3.63, 3.8) is 0 Å². The largest absolute Gasteiger partial charge is 0.368 e. The number of hydrogen-bond acceptors (Lipinski definition) is 5. The summed E-state index contributed by atoms with van der Waals surface area (Å²) in [6.45, 7) is 7.87. The van der Waals surface area contributed by atoms with E-state index in [2.05, 4.69) is 29.1 Å². The molecule has 0 saturated heterocycles.